The van der Waals surface area contributed by atoms with Gasteiger partial charge in [0.25, 0.3) is 0 Å². The van der Waals surface area contributed by atoms with E-state index in [0.29, 0.717) is 22.9 Å². The van der Waals surface area contributed by atoms with Crippen LogP contribution < -0.4 is 21.1 Å². The Kier molecular flexibility index (Phi) is 6.43. The number of urea groups is 1. The topological polar surface area (TPSA) is 89.3 Å². The van der Waals surface area contributed by atoms with E-state index in [2.05, 4.69) is 15.6 Å². The third kappa shape index (κ3) is 5.62. The Morgan fingerprint density at radius 1 is 1.00 bits per heavy atom. The summed E-state index contributed by atoms with van der Waals surface area (Å²) >= 11 is 5.57. The number of benzene rings is 2. The van der Waals surface area contributed by atoms with E-state index < -0.39 is 22.8 Å². The van der Waals surface area contributed by atoms with Crippen LogP contribution in [0.1, 0.15) is 11.3 Å². The summed E-state index contributed by atoms with van der Waals surface area (Å²) in [5.41, 5.74) is 5.57. The van der Waals surface area contributed by atoms with Gasteiger partial charge in [0.1, 0.15) is 11.5 Å². The lowest BCUT2D eigenvalue weighted by molar-refractivity contribution is -0.137. The zero-order chi connectivity index (χ0) is 21.7. The smallest absolute Gasteiger partial charge is 0.417 e. The Morgan fingerprint density at radius 3 is 2.33 bits per heavy atom. The molecular formula is C20H16ClF3N4O2. The minimum absolute atomic E-state index is 0.0439. The summed E-state index contributed by atoms with van der Waals surface area (Å²) in [6.07, 6.45) is -3.04. The molecule has 1 aromatic heterocycles. The van der Waals surface area contributed by atoms with Gasteiger partial charge in [-0.25, -0.2) is 4.79 Å². The van der Waals surface area contributed by atoms with Crippen LogP contribution in [0.4, 0.5) is 29.3 Å². The number of pyridine rings is 1. The van der Waals surface area contributed by atoms with Crippen molar-refractivity contribution in [3.05, 3.63) is 77.1 Å². The molecular weight excluding hydrogens is 421 g/mol. The van der Waals surface area contributed by atoms with Crippen LogP contribution in [0.2, 0.25) is 5.02 Å². The van der Waals surface area contributed by atoms with Gasteiger partial charge in [0.2, 0.25) is 0 Å². The lowest BCUT2D eigenvalue weighted by atomic mass is 10.2. The fraction of sp³-hybridized carbons (Fsp3) is 0.100. The maximum Gasteiger partial charge on any atom is 0.417 e. The molecule has 156 valence electrons. The number of halogens is 4. The van der Waals surface area contributed by atoms with Crippen LogP contribution in [0.15, 0.2) is 60.8 Å². The van der Waals surface area contributed by atoms with Gasteiger partial charge in [0, 0.05) is 30.2 Å². The third-order valence-corrected chi connectivity index (χ3v) is 4.20. The predicted molar refractivity (Wildman–Crippen MR) is 108 cm³/mol. The molecule has 6 nitrogen and oxygen atoms in total. The maximum atomic E-state index is 12.9. The summed E-state index contributed by atoms with van der Waals surface area (Å²) in [6.45, 7) is 0.285. The molecule has 3 aromatic rings. The Morgan fingerprint density at radius 2 is 1.67 bits per heavy atom. The van der Waals surface area contributed by atoms with Crippen molar-refractivity contribution in [2.75, 3.05) is 10.6 Å². The van der Waals surface area contributed by atoms with Gasteiger partial charge in [-0.3, -0.25) is 4.98 Å². The Labute approximate surface area is 174 Å². The first-order valence-corrected chi connectivity index (χ1v) is 9.00. The number of nitrogens with zero attached hydrogens (tertiary/aromatic N) is 1. The summed E-state index contributed by atoms with van der Waals surface area (Å²) in [5, 5.41) is 4.42. The minimum atomic E-state index is -4.62. The zero-order valence-corrected chi connectivity index (χ0v) is 16.1. The average Bonchev–Trinajstić information content (AvgIpc) is 2.70. The van der Waals surface area contributed by atoms with Crippen molar-refractivity contribution >= 4 is 29.0 Å². The monoisotopic (exact) mass is 436 g/mol. The number of anilines is 2. The van der Waals surface area contributed by atoms with Crippen molar-refractivity contribution in [3.63, 3.8) is 0 Å². The summed E-state index contributed by atoms with van der Waals surface area (Å²) in [4.78, 5) is 16.2. The molecule has 2 aromatic carbocycles. The number of aromatic nitrogens is 1. The van der Waals surface area contributed by atoms with Crippen LogP contribution in [-0.2, 0) is 12.7 Å². The second-order valence-corrected chi connectivity index (χ2v) is 6.49. The first-order chi connectivity index (χ1) is 14.2. The summed E-state index contributed by atoms with van der Waals surface area (Å²) in [6, 6.07) is 12.2. The zero-order valence-electron chi connectivity index (χ0n) is 15.3. The number of ether oxygens (including phenoxy) is 1. The Bertz CT molecular complexity index is 1040. The lowest BCUT2D eigenvalue weighted by Gasteiger charge is -2.12. The molecule has 0 aliphatic heterocycles. The number of nitrogens with two attached hydrogens (primary N) is 1. The van der Waals surface area contributed by atoms with Crippen molar-refractivity contribution in [2.24, 2.45) is 5.73 Å². The van der Waals surface area contributed by atoms with Crippen LogP contribution >= 0.6 is 11.6 Å². The van der Waals surface area contributed by atoms with Crippen LogP contribution in [0, 0.1) is 0 Å². The molecule has 3 rings (SSSR count). The number of nitrogens with one attached hydrogen (secondary N) is 2. The standard InChI is InChI=1S/C20H16ClF3N4O2/c21-18-6-3-13(10-17(18)20(22,23)24)28-19(29)27-12-1-4-15(5-2-12)30-16-7-8-26-14(9-16)11-25/h1-10H,11,25H2,(H2,27,28,29). The van der Waals surface area contributed by atoms with Gasteiger partial charge in [0.05, 0.1) is 16.3 Å². The van der Waals surface area contributed by atoms with Gasteiger partial charge in [0.15, 0.2) is 0 Å². The SMILES string of the molecule is NCc1cc(Oc2ccc(NC(=O)Nc3ccc(Cl)c(C(F)(F)F)c3)cc2)ccn1. The quantitative estimate of drug-likeness (QED) is 0.482. The lowest BCUT2D eigenvalue weighted by Crippen LogP contribution is -2.19. The number of hydrogen-bond acceptors (Lipinski definition) is 4. The normalized spacial score (nSPS) is 11.1. The number of hydrogen-bond donors (Lipinski definition) is 3. The summed E-state index contributed by atoms with van der Waals surface area (Å²) in [7, 11) is 0. The van der Waals surface area contributed by atoms with Gasteiger partial charge in [-0.15, -0.1) is 0 Å². The van der Waals surface area contributed by atoms with Crippen molar-refractivity contribution in [1.82, 2.24) is 4.98 Å². The molecule has 1 heterocycles. The van der Waals surface area contributed by atoms with Crippen molar-refractivity contribution in [3.8, 4) is 11.5 Å². The number of amides is 2. The summed E-state index contributed by atoms with van der Waals surface area (Å²) in [5.74, 6) is 1.08. The number of rotatable bonds is 5. The fourth-order valence-corrected chi connectivity index (χ4v) is 2.71. The van der Waals surface area contributed by atoms with Crippen molar-refractivity contribution < 1.29 is 22.7 Å². The number of carbonyl (C=O) groups is 1. The molecule has 0 unspecified atom stereocenters. The van der Waals surface area contributed by atoms with Gasteiger partial charge in [-0.1, -0.05) is 11.6 Å². The number of alkyl halides is 3. The van der Waals surface area contributed by atoms with Crippen LogP contribution in [0.25, 0.3) is 0 Å². The highest BCUT2D eigenvalue weighted by atomic mass is 35.5. The van der Waals surface area contributed by atoms with E-state index in [4.69, 9.17) is 22.1 Å². The molecule has 0 aliphatic carbocycles. The summed E-state index contributed by atoms with van der Waals surface area (Å²) < 4.78 is 44.4. The second kappa shape index (κ2) is 9.02. The van der Waals surface area contributed by atoms with Gasteiger partial charge >= 0.3 is 12.2 Å². The molecule has 0 aliphatic rings. The Balaban J connectivity index is 1.62. The molecule has 2 amide bonds. The molecule has 0 saturated carbocycles. The first kappa shape index (κ1) is 21.4. The molecule has 0 spiro atoms. The van der Waals surface area contributed by atoms with Crippen molar-refractivity contribution in [1.29, 1.82) is 0 Å². The number of carbonyl (C=O) groups excluding carboxylic acids is 1. The van der Waals surface area contributed by atoms with Crippen LogP contribution in [0.5, 0.6) is 11.5 Å². The third-order valence-electron chi connectivity index (χ3n) is 3.87. The van der Waals surface area contributed by atoms with Gasteiger partial charge < -0.3 is 21.1 Å². The highest BCUT2D eigenvalue weighted by Gasteiger charge is 2.33. The minimum Gasteiger partial charge on any atom is -0.457 e. The van der Waals surface area contributed by atoms with E-state index in [0.717, 1.165) is 12.1 Å². The van der Waals surface area contributed by atoms with E-state index in [-0.39, 0.29) is 12.2 Å². The fourth-order valence-electron chi connectivity index (χ4n) is 2.49. The molecule has 0 bridgehead atoms. The van der Waals surface area contributed by atoms with Crippen LogP contribution in [0.3, 0.4) is 0 Å². The van der Waals surface area contributed by atoms with E-state index in [1.165, 1.54) is 6.07 Å². The van der Waals surface area contributed by atoms with E-state index in [9.17, 15) is 18.0 Å². The van der Waals surface area contributed by atoms with Gasteiger partial charge in [-0.2, -0.15) is 13.2 Å². The highest BCUT2D eigenvalue weighted by molar-refractivity contribution is 6.31. The second-order valence-electron chi connectivity index (χ2n) is 6.08. The van der Waals surface area contributed by atoms with E-state index >= 15 is 0 Å². The van der Waals surface area contributed by atoms with Crippen molar-refractivity contribution in [2.45, 2.75) is 12.7 Å². The van der Waals surface area contributed by atoms with Crippen LogP contribution in [-0.4, -0.2) is 11.0 Å². The Hall–Kier alpha value is -3.30. The predicted octanol–water partition coefficient (Wildman–Crippen LogP) is 5.65. The molecule has 30 heavy (non-hydrogen) atoms. The van der Waals surface area contributed by atoms with E-state index in [1.807, 2.05) is 0 Å². The molecule has 0 radical (unpaired) electrons. The van der Waals surface area contributed by atoms with E-state index in [1.54, 1.807) is 42.6 Å². The average molecular weight is 437 g/mol. The molecule has 0 saturated heterocycles. The maximum absolute atomic E-state index is 12.9. The van der Waals surface area contributed by atoms with Gasteiger partial charge in [-0.05, 0) is 48.5 Å². The largest absolute Gasteiger partial charge is 0.457 e. The molecule has 10 heteroatoms. The molecule has 0 atom stereocenters. The first-order valence-electron chi connectivity index (χ1n) is 8.62. The molecule has 0 fully saturated rings. The highest BCUT2D eigenvalue weighted by Crippen LogP contribution is 2.36. The molecule has 4 N–H and O–H groups in total.